The predicted molar refractivity (Wildman–Crippen MR) is 76.2 cm³/mol. The Bertz CT molecular complexity index is 368. The number of hydrogen-bond acceptors (Lipinski definition) is 2. The highest BCUT2D eigenvalue weighted by atomic mass is 35.5. The summed E-state index contributed by atoms with van der Waals surface area (Å²) in [6.07, 6.45) is 0. The van der Waals surface area contributed by atoms with Crippen LogP contribution in [0.15, 0.2) is 18.2 Å². The van der Waals surface area contributed by atoms with Crippen molar-refractivity contribution in [2.45, 2.75) is 26.4 Å². The Hall–Kier alpha value is -0.280. The van der Waals surface area contributed by atoms with Gasteiger partial charge in [0.1, 0.15) is 0 Å². The van der Waals surface area contributed by atoms with Crippen molar-refractivity contribution < 1.29 is 0 Å². The molecule has 1 aromatic rings. The third kappa shape index (κ3) is 4.14. The molecular weight excluding hydrogens is 255 g/mol. The lowest BCUT2D eigenvalue weighted by molar-refractivity contribution is 0.199. The fourth-order valence-corrected chi connectivity index (χ4v) is 2.35. The SMILES string of the molecule is Cc1ccc(CN2CCN[C@H](C)C2)cc1Cl.Cl. The molecule has 1 fully saturated rings. The van der Waals surface area contributed by atoms with Crippen LogP contribution in [0.4, 0.5) is 0 Å². The smallest absolute Gasteiger partial charge is 0.0438 e. The minimum absolute atomic E-state index is 0. The van der Waals surface area contributed by atoms with Crippen LogP contribution in [-0.4, -0.2) is 30.6 Å². The molecule has 0 amide bonds. The van der Waals surface area contributed by atoms with Crippen LogP contribution >= 0.6 is 24.0 Å². The fraction of sp³-hybridized carbons (Fsp3) is 0.538. The summed E-state index contributed by atoms with van der Waals surface area (Å²) < 4.78 is 0. The van der Waals surface area contributed by atoms with E-state index in [2.05, 4.69) is 35.3 Å². The van der Waals surface area contributed by atoms with Crippen LogP contribution in [0.1, 0.15) is 18.1 Å². The van der Waals surface area contributed by atoms with Crippen LogP contribution in [0.2, 0.25) is 5.02 Å². The average molecular weight is 275 g/mol. The van der Waals surface area contributed by atoms with Gasteiger partial charge in [0.05, 0.1) is 0 Å². The molecule has 1 heterocycles. The maximum absolute atomic E-state index is 6.13. The van der Waals surface area contributed by atoms with Gasteiger partial charge >= 0.3 is 0 Å². The van der Waals surface area contributed by atoms with Crippen molar-refractivity contribution in [2.24, 2.45) is 0 Å². The molecule has 0 aromatic heterocycles. The fourth-order valence-electron chi connectivity index (χ4n) is 2.15. The van der Waals surface area contributed by atoms with E-state index in [1.54, 1.807) is 0 Å². The third-order valence-electron chi connectivity index (χ3n) is 3.10. The molecule has 0 saturated carbocycles. The molecule has 1 aliphatic heterocycles. The molecule has 1 atom stereocenters. The molecule has 0 unspecified atom stereocenters. The maximum Gasteiger partial charge on any atom is 0.0438 e. The Morgan fingerprint density at radius 2 is 2.24 bits per heavy atom. The zero-order valence-corrected chi connectivity index (χ0v) is 11.9. The van der Waals surface area contributed by atoms with E-state index in [-0.39, 0.29) is 12.4 Å². The largest absolute Gasteiger partial charge is 0.312 e. The number of benzene rings is 1. The molecule has 0 bridgehead atoms. The van der Waals surface area contributed by atoms with Gasteiger partial charge in [0, 0.05) is 37.2 Å². The van der Waals surface area contributed by atoms with Gasteiger partial charge in [-0.15, -0.1) is 12.4 Å². The van der Waals surface area contributed by atoms with Crippen molar-refractivity contribution >= 4 is 24.0 Å². The van der Waals surface area contributed by atoms with Crippen molar-refractivity contribution in [3.63, 3.8) is 0 Å². The minimum Gasteiger partial charge on any atom is -0.312 e. The zero-order valence-electron chi connectivity index (χ0n) is 10.4. The first-order chi connectivity index (χ1) is 7.65. The summed E-state index contributed by atoms with van der Waals surface area (Å²) in [4.78, 5) is 2.47. The van der Waals surface area contributed by atoms with Gasteiger partial charge in [-0.25, -0.2) is 0 Å². The summed E-state index contributed by atoms with van der Waals surface area (Å²) in [5, 5.41) is 4.33. The normalized spacial score (nSPS) is 21.0. The number of piperazine rings is 1. The Morgan fingerprint density at radius 3 is 2.88 bits per heavy atom. The summed E-state index contributed by atoms with van der Waals surface area (Å²) >= 11 is 6.13. The summed E-state index contributed by atoms with van der Waals surface area (Å²) in [5.74, 6) is 0. The van der Waals surface area contributed by atoms with Gasteiger partial charge in [-0.3, -0.25) is 4.90 Å². The lowest BCUT2D eigenvalue weighted by Crippen LogP contribution is -2.48. The van der Waals surface area contributed by atoms with Crippen LogP contribution in [0.3, 0.4) is 0 Å². The number of rotatable bonds is 2. The van der Waals surface area contributed by atoms with Crippen LogP contribution in [0.5, 0.6) is 0 Å². The monoisotopic (exact) mass is 274 g/mol. The van der Waals surface area contributed by atoms with Gasteiger partial charge in [0.2, 0.25) is 0 Å². The van der Waals surface area contributed by atoms with Gasteiger partial charge < -0.3 is 5.32 Å². The van der Waals surface area contributed by atoms with Gasteiger partial charge in [0.25, 0.3) is 0 Å². The minimum atomic E-state index is 0. The van der Waals surface area contributed by atoms with Crippen molar-refractivity contribution in [1.82, 2.24) is 10.2 Å². The molecule has 4 heteroatoms. The summed E-state index contributed by atoms with van der Waals surface area (Å²) in [6, 6.07) is 6.95. The van der Waals surface area contributed by atoms with Gasteiger partial charge in [-0.1, -0.05) is 23.7 Å². The quantitative estimate of drug-likeness (QED) is 0.892. The third-order valence-corrected chi connectivity index (χ3v) is 3.50. The molecule has 1 saturated heterocycles. The van der Waals surface area contributed by atoms with E-state index >= 15 is 0 Å². The maximum atomic E-state index is 6.13. The number of halogens is 2. The standard InChI is InChI=1S/C13H19ClN2.ClH/c1-10-3-4-12(7-13(10)14)9-16-6-5-15-11(2)8-16;/h3-4,7,11,15H,5-6,8-9H2,1-2H3;1H/t11-;/m1./s1. The Labute approximate surface area is 115 Å². The Morgan fingerprint density at radius 1 is 1.47 bits per heavy atom. The molecule has 0 spiro atoms. The summed E-state index contributed by atoms with van der Waals surface area (Å²) in [5.41, 5.74) is 2.46. The molecule has 0 aliphatic carbocycles. The topological polar surface area (TPSA) is 15.3 Å². The van der Waals surface area contributed by atoms with Gasteiger partial charge in [0.15, 0.2) is 0 Å². The van der Waals surface area contributed by atoms with E-state index in [0.29, 0.717) is 6.04 Å². The van der Waals surface area contributed by atoms with Crippen LogP contribution in [0, 0.1) is 6.92 Å². The molecule has 96 valence electrons. The predicted octanol–water partition coefficient (Wildman–Crippen LogP) is 2.86. The van der Waals surface area contributed by atoms with Crippen molar-refractivity contribution in [3.05, 3.63) is 34.3 Å². The zero-order chi connectivity index (χ0) is 11.5. The van der Waals surface area contributed by atoms with E-state index < -0.39 is 0 Å². The Kier molecular flexibility index (Phi) is 5.74. The van der Waals surface area contributed by atoms with E-state index in [1.165, 1.54) is 5.56 Å². The highest BCUT2D eigenvalue weighted by Gasteiger charge is 2.15. The number of aryl methyl sites for hydroxylation is 1. The molecule has 2 rings (SSSR count). The molecule has 17 heavy (non-hydrogen) atoms. The van der Waals surface area contributed by atoms with E-state index in [0.717, 1.165) is 36.8 Å². The van der Waals surface area contributed by atoms with E-state index in [4.69, 9.17) is 11.6 Å². The Balaban J connectivity index is 0.00000144. The highest BCUT2D eigenvalue weighted by molar-refractivity contribution is 6.31. The highest BCUT2D eigenvalue weighted by Crippen LogP contribution is 2.18. The number of hydrogen-bond donors (Lipinski definition) is 1. The van der Waals surface area contributed by atoms with Crippen molar-refractivity contribution in [3.8, 4) is 0 Å². The molecule has 1 aromatic carbocycles. The molecule has 0 radical (unpaired) electrons. The number of nitrogens with one attached hydrogen (secondary N) is 1. The van der Waals surface area contributed by atoms with Crippen molar-refractivity contribution in [2.75, 3.05) is 19.6 Å². The molecule has 1 aliphatic rings. The van der Waals surface area contributed by atoms with E-state index in [9.17, 15) is 0 Å². The lowest BCUT2D eigenvalue weighted by atomic mass is 10.1. The first-order valence-corrected chi connectivity index (χ1v) is 6.24. The second kappa shape index (κ2) is 6.60. The first kappa shape index (κ1) is 14.8. The number of nitrogens with zero attached hydrogens (tertiary/aromatic N) is 1. The van der Waals surface area contributed by atoms with E-state index in [1.807, 2.05) is 6.92 Å². The molecular formula is C13H20Cl2N2. The van der Waals surface area contributed by atoms with Crippen LogP contribution in [0.25, 0.3) is 0 Å². The average Bonchev–Trinajstić information content (AvgIpc) is 2.24. The lowest BCUT2D eigenvalue weighted by Gasteiger charge is -2.31. The van der Waals surface area contributed by atoms with Gasteiger partial charge in [-0.2, -0.15) is 0 Å². The van der Waals surface area contributed by atoms with Gasteiger partial charge in [-0.05, 0) is 31.0 Å². The first-order valence-electron chi connectivity index (χ1n) is 5.86. The van der Waals surface area contributed by atoms with Crippen molar-refractivity contribution in [1.29, 1.82) is 0 Å². The molecule has 1 N–H and O–H groups in total. The summed E-state index contributed by atoms with van der Waals surface area (Å²) in [6.45, 7) is 8.60. The second-order valence-corrected chi connectivity index (χ2v) is 5.08. The van der Waals surface area contributed by atoms with Crippen LogP contribution < -0.4 is 5.32 Å². The van der Waals surface area contributed by atoms with Crippen LogP contribution in [-0.2, 0) is 6.54 Å². The summed E-state index contributed by atoms with van der Waals surface area (Å²) in [7, 11) is 0. The molecule has 2 nitrogen and oxygen atoms in total. The second-order valence-electron chi connectivity index (χ2n) is 4.67.